The lowest BCUT2D eigenvalue weighted by Gasteiger charge is -2.29. The Kier molecular flexibility index (Phi) is 6.41. The Bertz CT molecular complexity index is 1060. The minimum atomic E-state index is -0.896. The molecule has 0 bridgehead atoms. The number of nitrogens with one attached hydrogen (secondary N) is 1. The number of aliphatic carboxylic acids is 1. The van der Waals surface area contributed by atoms with Gasteiger partial charge in [0.1, 0.15) is 6.61 Å². The summed E-state index contributed by atoms with van der Waals surface area (Å²) in [5.74, 6) is 3.19. The highest BCUT2D eigenvalue weighted by molar-refractivity contribution is 5.94. The van der Waals surface area contributed by atoms with E-state index in [4.69, 9.17) is 9.84 Å². The smallest absolute Gasteiger partial charge is 0.407 e. The van der Waals surface area contributed by atoms with Gasteiger partial charge < -0.3 is 20.1 Å². The molecule has 0 spiro atoms. The molecule has 1 aliphatic carbocycles. The van der Waals surface area contributed by atoms with E-state index in [1.165, 1.54) is 4.90 Å². The zero-order valence-corrected chi connectivity index (χ0v) is 17.5. The van der Waals surface area contributed by atoms with Crippen molar-refractivity contribution in [3.05, 3.63) is 59.7 Å². The van der Waals surface area contributed by atoms with Crippen molar-refractivity contribution in [3.8, 4) is 23.0 Å². The van der Waals surface area contributed by atoms with Gasteiger partial charge in [-0.2, -0.15) is 0 Å². The first-order chi connectivity index (χ1) is 15.5. The molecule has 1 heterocycles. The van der Waals surface area contributed by atoms with Gasteiger partial charge in [0, 0.05) is 19.0 Å². The number of carboxylic acid groups (broad SMARTS) is 1. The molecular formula is C25H24N2O5. The normalized spacial score (nSPS) is 16.9. The molecule has 164 valence electrons. The second kappa shape index (κ2) is 9.56. The predicted octanol–water partition coefficient (Wildman–Crippen LogP) is 2.85. The zero-order chi connectivity index (χ0) is 22.5. The first-order valence-corrected chi connectivity index (χ1v) is 10.6. The van der Waals surface area contributed by atoms with Crippen molar-refractivity contribution in [1.82, 2.24) is 10.2 Å². The van der Waals surface area contributed by atoms with E-state index < -0.39 is 23.9 Å². The molecule has 0 radical (unpaired) electrons. The van der Waals surface area contributed by atoms with E-state index in [1.807, 2.05) is 36.4 Å². The highest BCUT2D eigenvalue weighted by Crippen LogP contribution is 2.44. The Morgan fingerprint density at radius 1 is 1.06 bits per heavy atom. The van der Waals surface area contributed by atoms with Gasteiger partial charge in [0.15, 0.2) is 0 Å². The van der Waals surface area contributed by atoms with Crippen LogP contribution in [0.3, 0.4) is 0 Å². The topological polar surface area (TPSA) is 95.9 Å². The number of benzene rings is 2. The van der Waals surface area contributed by atoms with E-state index in [0.717, 1.165) is 22.3 Å². The lowest BCUT2D eigenvalue weighted by atomic mass is 9.98. The van der Waals surface area contributed by atoms with E-state index in [1.54, 1.807) is 0 Å². The number of alkyl carbamates (subject to hydrolysis) is 1. The molecule has 1 fully saturated rings. The lowest BCUT2D eigenvalue weighted by Crippen LogP contribution is -2.41. The van der Waals surface area contributed by atoms with Crippen molar-refractivity contribution >= 4 is 18.0 Å². The van der Waals surface area contributed by atoms with Crippen LogP contribution in [0, 0.1) is 17.8 Å². The molecule has 7 nitrogen and oxygen atoms in total. The Hall–Kier alpha value is -3.79. The van der Waals surface area contributed by atoms with E-state index in [2.05, 4.69) is 29.3 Å². The van der Waals surface area contributed by atoms with E-state index in [0.29, 0.717) is 19.4 Å². The number of rotatable bonds is 4. The van der Waals surface area contributed by atoms with Crippen LogP contribution >= 0.6 is 0 Å². The van der Waals surface area contributed by atoms with Gasteiger partial charge in [-0.15, -0.1) is 0 Å². The summed E-state index contributed by atoms with van der Waals surface area (Å²) in [5.41, 5.74) is 4.58. The largest absolute Gasteiger partial charge is 0.481 e. The third-order valence-electron chi connectivity index (χ3n) is 5.92. The molecular weight excluding hydrogens is 408 g/mol. The van der Waals surface area contributed by atoms with Gasteiger partial charge in [0.25, 0.3) is 5.91 Å². The fourth-order valence-electron chi connectivity index (χ4n) is 4.33. The molecule has 1 saturated heterocycles. The molecule has 0 unspecified atom stereocenters. The molecule has 2 aromatic carbocycles. The van der Waals surface area contributed by atoms with Crippen molar-refractivity contribution < 1.29 is 24.2 Å². The van der Waals surface area contributed by atoms with Gasteiger partial charge in [-0.05, 0) is 41.0 Å². The zero-order valence-electron chi connectivity index (χ0n) is 17.5. The number of carboxylic acids is 1. The summed E-state index contributed by atoms with van der Waals surface area (Å²) >= 11 is 0. The number of nitrogens with zero attached hydrogens (tertiary/aromatic N) is 1. The molecule has 2 aliphatic rings. The average molecular weight is 432 g/mol. The quantitative estimate of drug-likeness (QED) is 0.725. The fourth-order valence-corrected chi connectivity index (χ4v) is 4.33. The molecule has 2 aromatic rings. The summed E-state index contributed by atoms with van der Waals surface area (Å²) in [7, 11) is 0. The van der Waals surface area contributed by atoms with Gasteiger partial charge in [-0.1, -0.05) is 54.5 Å². The van der Waals surface area contributed by atoms with Crippen LogP contribution in [0.2, 0.25) is 0 Å². The van der Waals surface area contributed by atoms with Gasteiger partial charge in [0.05, 0.1) is 12.5 Å². The molecule has 0 aromatic heterocycles. The van der Waals surface area contributed by atoms with Crippen LogP contribution in [0.4, 0.5) is 4.79 Å². The third kappa shape index (κ3) is 4.59. The number of carbonyl (C=O) groups excluding carboxylic acids is 2. The summed E-state index contributed by atoms with van der Waals surface area (Å²) in [6.45, 7) is 0.842. The van der Waals surface area contributed by atoms with Crippen molar-refractivity contribution in [2.24, 2.45) is 5.92 Å². The summed E-state index contributed by atoms with van der Waals surface area (Å²) in [4.78, 5) is 36.8. The van der Waals surface area contributed by atoms with Crippen LogP contribution in [-0.2, 0) is 14.3 Å². The number of fused-ring (bicyclic) bond motifs is 3. The van der Waals surface area contributed by atoms with Crippen LogP contribution < -0.4 is 5.32 Å². The summed E-state index contributed by atoms with van der Waals surface area (Å²) in [6.07, 6.45) is 0.607. The minimum Gasteiger partial charge on any atom is -0.481 e. The number of piperidine rings is 1. The maximum Gasteiger partial charge on any atom is 0.407 e. The Morgan fingerprint density at radius 2 is 1.72 bits per heavy atom. The Morgan fingerprint density at radius 3 is 2.38 bits per heavy atom. The van der Waals surface area contributed by atoms with Crippen molar-refractivity contribution in [1.29, 1.82) is 0 Å². The molecule has 0 saturated carbocycles. The second-order valence-corrected chi connectivity index (χ2v) is 7.91. The molecule has 2 N–H and O–H groups in total. The number of amides is 2. The summed E-state index contributed by atoms with van der Waals surface area (Å²) in [6, 6.07) is 16.2. The van der Waals surface area contributed by atoms with Gasteiger partial charge in [-0.3, -0.25) is 9.59 Å². The first-order valence-electron chi connectivity index (χ1n) is 10.6. The van der Waals surface area contributed by atoms with Gasteiger partial charge >= 0.3 is 12.1 Å². The highest BCUT2D eigenvalue weighted by Gasteiger charge is 2.29. The summed E-state index contributed by atoms with van der Waals surface area (Å²) in [5, 5.41) is 11.7. The summed E-state index contributed by atoms with van der Waals surface area (Å²) < 4.78 is 5.43. The second-order valence-electron chi connectivity index (χ2n) is 7.91. The number of ether oxygens (including phenoxy) is 1. The van der Waals surface area contributed by atoms with Crippen molar-refractivity contribution in [2.75, 3.05) is 26.2 Å². The Balaban J connectivity index is 1.27. The Labute approximate surface area is 186 Å². The third-order valence-corrected chi connectivity index (χ3v) is 5.92. The van der Waals surface area contributed by atoms with Crippen LogP contribution in [0.5, 0.6) is 0 Å². The van der Waals surface area contributed by atoms with E-state index >= 15 is 0 Å². The molecule has 7 heteroatoms. The van der Waals surface area contributed by atoms with Crippen molar-refractivity contribution in [2.45, 2.75) is 18.8 Å². The number of likely N-dealkylation sites (tertiary alicyclic amines) is 1. The van der Waals surface area contributed by atoms with Crippen LogP contribution in [0.15, 0.2) is 48.5 Å². The standard InChI is InChI=1S/C25H24N2O5/c28-23(27-14-6-7-17(15-27)24(29)30)12-5-13-26-25(31)32-16-22-20-10-3-1-8-18(20)19-9-2-4-11-21(19)22/h1-4,8-11,17,22H,6-7,13-16H2,(H,26,31)(H,29,30)/t17-/m0/s1. The average Bonchev–Trinajstić information content (AvgIpc) is 3.14. The number of hydrogen-bond acceptors (Lipinski definition) is 4. The molecule has 2 amide bonds. The molecule has 1 aliphatic heterocycles. The molecule has 4 rings (SSSR count). The SMILES string of the molecule is O=C(NCC#CC(=O)N1CCC[C@H](C(=O)O)C1)OCC1c2ccccc2-c2ccccc21. The number of hydrogen-bond donors (Lipinski definition) is 2. The van der Waals surface area contributed by atoms with Crippen LogP contribution in [0.25, 0.3) is 11.1 Å². The maximum atomic E-state index is 12.2. The van der Waals surface area contributed by atoms with Gasteiger partial charge in [-0.25, -0.2) is 4.79 Å². The molecule has 32 heavy (non-hydrogen) atoms. The fraction of sp³-hybridized carbons (Fsp3) is 0.320. The monoisotopic (exact) mass is 432 g/mol. The molecule has 1 atom stereocenters. The van der Waals surface area contributed by atoms with Crippen LogP contribution in [-0.4, -0.2) is 54.2 Å². The minimum absolute atomic E-state index is 0.0258. The van der Waals surface area contributed by atoms with Crippen molar-refractivity contribution in [3.63, 3.8) is 0 Å². The van der Waals surface area contributed by atoms with Crippen LogP contribution in [0.1, 0.15) is 29.9 Å². The number of carbonyl (C=O) groups is 3. The maximum absolute atomic E-state index is 12.2. The van der Waals surface area contributed by atoms with E-state index in [9.17, 15) is 14.4 Å². The lowest BCUT2D eigenvalue weighted by molar-refractivity contribution is -0.144. The van der Waals surface area contributed by atoms with Gasteiger partial charge in [0.2, 0.25) is 0 Å². The first kappa shape index (κ1) is 21.4. The predicted molar refractivity (Wildman–Crippen MR) is 118 cm³/mol. The highest BCUT2D eigenvalue weighted by atomic mass is 16.5. The van der Waals surface area contributed by atoms with E-state index in [-0.39, 0.29) is 25.6 Å².